The molecule has 0 N–H and O–H groups in total. The quantitative estimate of drug-likeness (QED) is 0.0765. The maximum atomic E-state index is 2.41. The van der Waals surface area contributed by atoms with Crippen LogP contribution in [-0.4, -0.2) is 0 Å². The molecule has 0 bridgehead atoms. The van der Waals surface area contributed by atoms with E-state index >= 15 is 0 Å². The molecule has 0 atom stereocenters. The maximum absolute atomic E-state index is 2.41. The van der Waals surface area contributed by atoms with Crippen molar-refractivity contribution in [2.75, 3.05) is 9.80 Å². The molecule has 0 radical (unpaired) electrons. The summed E-state index contributed by atoms with van der Waals surface area (Å²) in [5.41, 5.74) is 22.1. The van der Waals surface area contributed by atoms with Gasteiger partial charge in [-0.25, -0.2) is 0 Å². The van der Waals surface area contributed by atoms with Gasteiger partial charge in [-0.3, -0.25) is 0 Å². The third-order valence-corrected chi connectivity index (χ3v) is 17.6. The summed E-state index contributed by atoms with van der Waals surface area (Å²) >= 11 is 0. The molecule has 0 fully saturated rings. The van der Waals surface area contributed by atoms with Crippen molar-refractivity contribution in [2.24, 2.45) is 0 Å². The number of para-hydroxylation sites is 4. The van der Waals surface area contributed by atoms with Gasteiger partial charge in [0.15, 0.2) is 0 Å². The highest BCUT2D eigenvalue weighted by molar-refractivity contribution is 6.34. The lowest BCUT2D eigenvalue weighted by atomic mass is 9.81. The van der Waals surface area contributed by atoms with E-state index in [4.69, 9.17) is 0 Å². The highest BCUT2D eigenvalue weighted by Crippen LogP contribution is 2.53. The molecule has 13 aromatic rings. The fourth-order valence-electron chi connectivity index (χ4n) is 13.6. The number of benzene rings is 13. The number of fused-ring (bicyclic) bond motifs is 8. The summed E-state index contributed by atoms with van der Waals surface area (Å²) in [5.74, 6) is 0. The van der Waals surface area contributed by atoms with E-state index in [1.54, 1.807) is 0 Å². The summed E-state index contributed by atoms with van der Waals surface area (Å²) in [6.07, 6.45) is 9.25. The summed E-state index contributed by atoms with van der Waals surface area (Å²) in [7, 11) is 0. The zero-order chi connectivity index (χ0) is 53.7. The van der Waals surface area contributed by atoms with Crippen LogP contribution in [0.3, 0.4) is 0 Å². The first kappa shape index (κ1) is 47.5. The van der Waals surface area contributed by atoms with Crippen LogP contribution in [0.25, 0.3) is 89.6 Å². The van der Waals surface area contributed by atoms with Crippen LogP contribution in [0.1, 0.15) is 72.2 Å². The van der Waals surface area contributed by atoms with Crippen LogP contribution in [0.15, 0.2) is 255 Å². The molecule has 0 saturated heterocycles. The summed E-state index contributed by atoms with van der Waals surface area (Å²) in [5, 5.41) is 10.4. The molecule has 2 heteroatoms. The van der Waals surface area contributed by atoms with Gasteiger partial charge >= 0.3 is 0 Å². The Labute approximate surface area is 468 Å². The Morgan fingerprint density at radius 3 is 0.925 bits per heavy atom. The van der Waals surface area contributed by atoms with Crippen molar-refractivity contribution < 1.29 is 0 Å². The molecule has 0 spiro atoms. The van der Waals surface area contributed by atoms with Gasteiger partial charge in [-0.05, 0) is 183 Å². The molecule has 0 saturated carbocycles. The number of anilines is 6. The van der Waals surface area contributed by atoms with E-state index < -0.39 is 0 Å². The van der Waals surface area contributed by atoms with Crippen molar-refractivity contribution in [3.05, 3.63) is 299 Å². The average Bonchev–Trinajstić information content (AvgIpc) is 3.68. The fourth-order valence-corrected chi connectivity index (χ4v) is 13.6. The van der Waals surface area contributed by atoms with E-state index in [0.717, 1.165) is 34.1 Å². The SMILES string of the molecule is CC1(C)c2cc(/C=C/c3ccc4c5cccc6c(/C=C/c7ccc8c(c7)C(C)(C)c7cc(N(c9ccccc9)c9ccccc9)ccc7-8)ccc(c7cccc3c74)c65)ccc2-c2ccc(N(c3ccccc3)c3ccccc3)cc21. The van der Waals surface area contributed by atoms with Crippen molar-refractivity contribution in [1.29, 1.82) is 0 Å². The Balaban J connectivity index is 0.728. The van der Waals surface area contributed by atoms with E-state index in [9.17, 15) is 0 Å². The Morgan fingerprint density at radius 1 is 0.250 bits per heavy atom. The largest absolute Gasteiger partial charge is 0.310 e. The Kier molecular flexibility index (Phi) is 10.9. The zero-order valence-electron chi connectivity index (χ0n) is 45.5. The second-order valence-electron chi connectivity index (χ2n) is 22.9. The summed E-state index contributed by atoms with van der Waals surface area (Å²) in [6, 6.07) is 93.9. The molecule has 0 unspecified atom stereocenters. The first-order valence-electron chi connectivity index (χ1n) is 28.1. The summed E-state index contributed by atoms with van der Waals surface area (Å²) in [6.45, 7) is 9.51. The van der Waals surface area contributed by atoms with Gasteiger partial charge in [-0.1, -0.05) is 234 Å². The highest BCUT2D eigenvalue weighted by atomic mass is 15.1. The minimum Gasteiger partial charge on any atom is -0.310 e. The van der Waals surface area contributed by atoms with Gasteiger partial charge in [-0.15, -0.1) is 0 Å². The van der Waals surface area contributed by atoms with Crippen molar-refractivity contribution in [3.8, 4) is 22.3 Å². The molecule has 2 nitrogen and oxygen atoms in total. The first-order valence-corrected chi connectivity index (χ1v) is 28.1. The maximum Gasteiger partial charge on any atom is 0.0465 e. The lowest BCUT2D eigenvalue weighted by Gasteiger charge is -2.28. The lowest BCUT2D eigenvalue weighted by Crippen LogP contribution is -2.16. The smallest absolute Gasteiger partial charge is 0.0465 e. The van der Waals surface area contributed by atoms with Gasteiger partial charge < -0.3 is 9.80 Å². The molecule has 0 heterocycles. The fraction of sp³-hybridized carbons (Fsp3) is 0.0769. The van der Waals surface area contributed by atoms with E-state index in [1.807, 2.05) is 0 Å². The number of hydrogen-bond donors (Lipinski definition) is 0. The summed E-state index contributed by atoms with van der Waals surface area (Å²) < 4.78 is 0. The Hall–Kier alpha value is -9.76. The minimum absolute atomic E-state index is 0.179. The summed E-state index contributed by atoms with van der Waals surface area (Å²) in [4.78, 5) is 4.72. The third kappa shape index (κ3) is 7.54. The van der Waals surface area contributed by atoms with Crippen molar-refractivity contribution in [3.63, 3.8) is 0 Å². The third-order valence-electron chi connectivity index (χ3n) is 17.6. The van der Waals surface area contributed by atoms with Crippen molar-refractivity contribution in [2.45, 2.75) is 38.5 Å². The van der Waals surface area contributed by atoms with Crippen molar-refractivity contribution >= 4 is 102 Å². The number of rotatable bonds is 10. The van der Waals surface area contributed by atoms with Crippen LogP contribution in [0.5, 0.6) is 0 Å². The second kappa shape index (κ2) is 18.4. The Bertz CT molecular complexity index is 4230. The van der Waals surface area contributed by atoms with Gasteiger partial charge in [0.2, 0.25) is 0 Å². The van der Waals surface area contributed by atoms with Gasteiger partial charge in [0, 0.05) is 45.0 Å². The van der Waals surface area contributed by atoms with Gasteiger partial charge in [0.05, 0.1) is 0 Å². The molecule has 15 rings (SSSR count). The van der Waals surface area contributed by atoms with E-state index in [1.165, 1.54) is 110 Å². The van der Waals surface area contributed by atoms with Gasteiger partial charge in [0.25, 0.3) is 0 Å². The topological polar surface area (TPSA) is 6.48 Å². The predicted molar refractivity (Wildman–Crippen MR) is 343 cm³/mol. The predicted octanol–water partition coefficient (Wildman–Crippen LogP) is 21.6. The lowest BCUT2D eigenvalue weighted by molar-refractivity contribution is 0.660. The minimum atomic E-state index is -0.179. The molecule has 0 aliphatic heterocycles. The van der Waals surface area contributed by atoms with Crippen molar-refractivity contribution in [1.82, 2.24) is 0 Å². The van der Waals surface area contributed by atoms with E-state index in [-0.39, 0.29) is 10.8 Å². The van der Waals surface area contributed by atoms with Crippen LogP contribution < -0.4 is 9.80 Å². The van der Waals surface area contributed by atoms with Crippen LogP contribution in [-0.2, 0) is 10.8 Å². The van der Waals surface area contributed by atoms with E-state index in [0.29, 0.717) is 0 Å². The normalized spacial score (nSPS) is 13.8. The van der Waals surface area contributed by atoms with Crippen LogP contribution in [0, 0.1) is 0 Å². The standard InChI is InChI=1S/C78H58N2/c1-77(2)71-47-51(33-41-63(71)65-45-39-59(49-73(65)77)79(55-19-9-5-10-20-55)56-21-11-6-12-22-56)31-35-53-37-43-69-68-30-18-28-62-54(38-44-70(76(62)68)67-29-17-27-61(53)75(67)69)36-32-52-34-42-64-66-46-40-60(50-74(66)78(3,4)72(64)48-52)80(57-23-13-7-14-24-57)58-25-15-8-16-26-58/h5-50H,1-4H3/b35-31+,36-32+. The molecule has 80 heavy (non-hydrogen) atoms. The van der Waals surface area contributed by atoms with Crippen LogP contribution >= 0.6 is 0 Å². The van der Waals surface area contributed by atoms with Crippen LogP contribution in [0.4, 0.5) is 34.1 Å². The number of hydrogen-bond acceptors (Lipinski definition) is 2. The molecular weight excluding hydrogens is 965 g/mol. The molecule has 2 aliphatic carbocycles. The first-order chi connectivity index (χ1) is 39.2. The zero-order valence-corrected chi connectivity index (χ0v) is 45.5. The monoisotopic (exact) mass is 1020 g/mol. The van der Waals surface area contributed by atoms with Gasteiger partial charge in [-0.2, -0.15) is 0 Å². The number of nitrogens with zero attached hydrogens (tertiary/aromatic N) is 2. The molecular formula is C78H58N2. The molecule has 0 amide bonds. The Morgan fingerprint density at radius 2 is 0.562 bits per heavy atom. The van der Waals surface area contributed by atoms with E-state index in [2.05, 4.69) is 317 Å². The average molecular weight is 1020 g/mol. The molecule has 0 aromatic heterocycles. The highest BCUT2D eigenvalue weighted by Gasteiger charge is 2.38. The van der Waals surface area contributed by atoms with Crippen LogP contribution in [0.2, 0.25) is 0 Å². The molecule has 13 aromatic carbocycles. The van der Waals surface area contributed by atoms with Gasteiger partial charge in [0.1, 0.15) is 0 Å². The molecule has 2 aliphatic rings. The molecule has 380 valence electrons. The second-order valence-corrected chi connectivity index (χ2v) is 22.9.